The quantitative estimate of drug-likeness (QED) is 0.501. The molecule has 0 rings (SSSR count). The molecule has 0 aliphatic carbocycles. The van der Waals surface area contributed by atoms with E-state index in [1.165, 1.54) is 0 Å². The number of terminal acetylenes is 1. The van der Waals surface area contributed by atoms with Crippen LogP contribution in [0.25, 0.3) is 0 Å². The van der Waals surface area contributed by atoms with Gasteiger partial charge in [0.2, 0.25) is 0 Å². The van der Waals surface area contributed by atoms with E-state index in [0.717, 1.165) is 12.2 Å². The van der Waals surface area contributed by atoms with E-state index in [2.05, 4.69) is 19.1 Å². The number of ether oxygens (including phenoxy) is 1. The molecule has 0 N–H and O–H groups in total. The third kappa shape index (κ3) is 12.2. The SMILES string of the molecule is C#CCO[C@@H](CC)CSSC.CC. The highest BCUT2D eigenvalue weighted by Gasteiger charge is 2.04. The zero-order valence-electron chi connectivity index (χ0n) is 9.00. The van der Waals surface area contributed by atoms with Crippen molar-refractivity contribution in [2.24, 2.45) is 0 Å². The normalized spacial score (nSPS) is 11.0. The third-order valence-corrected chi connectivity index (χ3v) is 3.09. The smallest absolute Gasteiger partial charge is 0.107 e. The van der Waals surface area contributed by atoms with Crippen molar-refractivity contribution < 1.29 is 4.74 Å². The average molecular weight is 220 g/mol. The van der Waals surface area contributed by atoms with Crippen LogP contribution in [0.1, 0.15) is 27.2 Å². The summed E-state index contributed by atoms with van der Waals surface area (Å²) in [6.07, 6.45) is 8.50. The molecule has 0 heterocycles. The van der Waals surface area contributed by atoms with Gasteiger partial charge in [0.05, 0.1) is 6.10 Å². The summed E-state index contributed by atoms with van der Waals surface area (Å²) in [6, 6.07) is 0. The van der Waals surface area contributed by atoms with Gasteiger partial charge in [0.25, 0.3) is 0 Å². The van der Waals surface area contributed by atoms with Crippen LogP contribution in [0.2, 0.25) is 0 Å². The summed E-state index contributed by atoms with van der Waals surface area (Å²) in [6.45, 7) is 6.55. The van der Waals surface area contributed by atoms with Gasteiger partial charge < -0.3 is 4.74 Å². The van der Waals surface area contributed by atoms with Crippen molar-refractivity contribution in [3.05, 3.63) is 0 Å². The molecule has 0 aromatic rings. The Hall–Kier alpha value is 0.220. The van der Waals surface area contributed by atoms with Crippen LogP contribution in [0, 0.1) is 12.3 Å². The molecule has 0 spiro atoms. The highest BCUT2D eigenvalue weighted by molar-refractivity contribution is 8.76. The zero-order chi connectivity index (χ0) is 10.5. The van der Waals surface area contributed by atoms with Crippen molar-refractivity contribution in [2.75, 3.05) is 18.6 Å². The minimum atomic E-state index is 0.323. The molecule has 1 nitrogen and oxygen atoms in total. The lowest BCUT2D eigenvalue weighted by atomic mass is 10.3. The Labute approximate surface area is 90.8 Å². The molecule has 0 saturated heterocycles. The first kappa shape index (κ1) is 15.7. The van der Waals surface area contributed by atoms with E-state index in [-0.39, 0.29) is 0 Å². The van der Waals surface area contributed by atoms with Gasteiger partial charge >= 0.3 is 0 Å². The fourth-order valence-corrected chi connectivity index (χ4v) is 2.08. The maximum absolute atomic E-state index is 5.37. The monoisotopic (exact) mass is 220 g/mol. The van der Waals surface area contributed by atoms with Crippen LogP contribution in [-0.2, 0) is 4.74 Å². The second-order valence-electron chi connectivity index (χ2n) is 2.00. The van der Waals surface area contributed by atoms with Crippen LogP contribution >= 0.6 is 21.6 Å². The van der Waals surface area contributed by atoms with Gasteiger partial charge in [-0.05, 0) is 12.7 Å². The molecular formula is C10H20OS2. The van der Waals surface area contributed by atoms with Crippen molar-refractivity contribution >= 4 is 21.6 Å². The predicted octanol–water partition coefficient (Wildman–Crippen LogP) is 3.45. The lowest BCUT2D eigenvalue weighted by Gasteiger charge is -2.12. The Kier molecular flexibility index (Phi) is 17.8. The van der Waals surface area contributed by atoms with E-state index < -0.39 is 0 Å². The van der Waals surface area contributed by atoms with E-state index in [0.29, 0.717) is 12.7 Å². The molecule has 0 saturated carbocycles. The molecule has 0 aromatic carbocycles. The van der Waals surface area contributed by atoms with Gasteiger partial charge in [-0.25, -0.2) is 0 Å². The molecule has 0 fully saturated rings. The molecule has 0 unspecified atom stereocenters. The van der Waals surface area contributed by atoms with Gasteiger partial charge in [0.15, 0.2) is 0 Å². The Morgan fingerprint density at radius 1 is 1.46 bits per heavy atom. The summed E-state index contributed by atoms with van der Waals surface area (Å²) in [5.41, 5.74) is 0. The fraction of sp³-hybridized carbons (Fsp3) is 0.800. The first-order valence-electron chi connectivity index (χ1n) is 4.55. The summed E-state index contributed by atoms with van der Waals surface area (Å²) in [7, 11) is 3.58. The molecule has 3 heteroatoms. The maximum atomic E-state index is 5.37. The van der Waals surface area contributed by atoms with E-state index in [1.807, 2.05) is 24.6 Å². The van der Waals surface area contributed by atoms with Crippen LogP contribution in [0.5, 0.6) is 0 Å². The maximum Gasteiger partial charge on any atom is 0.107 e. The summed E-state index contributed by atoms with van der Waals surface area (Å²) in [4.78, 5) is 0. The lowest BCUT2D eigenvalue weighted by molar-refractivity contribution is 0.0933. The standard InChI is InChI=1S/C8H14OS2.C2H6/c1-4-6-9-8(5-2)7-11-10-3;1-2/h1,8H,5-7H2,2-3H3;1-2H3/t8-;/m0./s1. The van der Waals surface area contributed by atoms with E-state index >= 15 is 0 Å². The summed E-state index contributed by atoms with van der Waals surface area (Å²) >= 11 is 0. The number of rotatable bonds is 6. The molecule has 0 radical (unpaired) electrons. The van der Waals surface area contributed by atoms with E-state index in [4.69, 9.17) is 11.2 Å². The summed E-state index contributed by atoms with van der Waals surface area (Å²) in [5.74, 6) is 3.50. The van der Waals surface area contributed by atoms with Gasteiger partial charge in [0.1, 0.15) is 6.61 Å². The molecule has 78 valence electrons. The fourth-order valence-electron chi connectivity index (χ4n) is 0.594. The summed E-state index contributed by atoms with van der Waals surface area (Å²) < 4.78 is 5.37. The minimum Gasteiger partial charge on any atom is -0.365 e. The molecule has 0 amide bonds. The lowest BCUT2D eigenvalue weighted by Crippen LogP contribution is -2.14. The molecule has 0 aliphatic heterocycles. The molecule has 0 bridgehead atoms. The third-order valence-electron chi connectivity index (χ3n) is 1.23. The van der Waals surface area contributed by atoms with Gasteiger partial charge in [-0.3, -0.25) is 0 Å². The average Bonchev–Trinajstić information content (AvgIpc) is 2.21. The van der Waals surface area contributed by atoms with E-state index in [1.54, 1.807) is 10.8 Å². The first-order chi connectivity index (χ1) is 6.35. The second kappa shape index (κ2) is 14.7. The van der Waals surface area contributed by atoms with Gasteiger partial charge in [-0.2, -0.15) is 0 Å². The van der Waals surface area contributed by atoms with Gasteiger partial charge in [-0.1, -0.05) is 48.3 Å². The van der Waals surface area contributed by atoms with Crippen LogP contribution in [0.15, 0.2) is 0 Å². The molecule has 13 heavy (non-hydrogen) atoms. The van der Waals surface area contributed by atoms with Crippen molar-refractivity contribution in [3.8, 4) is 12.3 Å². The predicted molar refractivity (Wildman–Crippen MR) is 66.2 cm³/mol. The molecular weight excluding hydrogens is 200 g/mol. The number of hydrogen-bond donors (Lipinski definition) is 0. The minimum absolute atomic E-state index is 0.323. The van der Waals surface area contributed by atoms with Crippen LogP contribution in [-0.4, -0.2) is 24.7 Å². The zero-order valence-corrected chi connectivity index (χ0v) is 10.6. The molecule has 0 aliphatic rings. The first-order valence-corrected chi connectivity index (χ1v) is 7.28. The number of hydrogen-bond acceptors (Lipinski definition) is 3. The highest BCUT2D eigenvalue weighted by Crippen LogP contribution is 2.19. The van der Waals surface area contributed by atoms with Gasteiger partial charge in [0, 0.05) is 5.75 Å². The van der Waals surface area contributed by atoms with Crippen molar-refractivity contribution in [3.63, 3.8) is 0 Å². The Morgan fingerprint density at radius 2 is 2.08 bits per heavy atom. The second-order valence-corrected chi connectivity index (χ2v) is 4.61. The van der Waals surface area contributed by atoms with Crippen molar-refractivity contribution in [2.45, 2.75) is 33.3 Å². The summed E-state index contributed by atoms with van der Waals surface area (Å²) in [5, 5.41) is 0. The van der Waals surface area contributed by atoms with Crippen molar-refractivity contribution in [1.82, 2.24) is 0 Å². The van der Waals surface area contributed by atoms with Crippen LogP contribution in [0.4, 0.5) is 0 Å². The Bertz CT molecular complexity index is 121. The molecule has 0 aromatic heterocycles. The van der Waals surface area contributed by atoms with Gasteiger partial charge in [-0.15, -0.1) is 6.42 Å². The molecule has 1 atom stereocenters. The topological polar surface area (TPSA) is 9.23 Å². The highest BCUT2D eigenvalue weighted by atomic mass is 33.1. The Balaban J connectivity index is 0. The van der Waals surface area contributed by atoms with Crippen LogP contribution in [0.3, 0.4) is 0 Å². The van der Waals surface area contributed by atoms with E-state index in [9.17, 15) is 0 Å². The Morgan fingerprint density at radius 3 is 2.46 bits per heavy atom. The largest absolute Gasteiger partial charge is 0.365 e. The van der Waals surface area contributed by atoms with Crippen LogP contribution < -0.4 is 0 Å². The van der Waals surface area contributed by atoms with Crippen molar-refractivity contribution in [1.29, 1.82) is 0 Å².